The van der Waals surface area contributed by atoms with Crippen molar-refractivity contribution in [1.29, 1.82) is 0 Å². The molecule has 1 aromatic heterocycles. The second-order valence-corrected chi connectivity index (χ2v) is 6.52. The number of amides is 1. The monoisotopic (exact) mass is 366 g/mol. The zero-order valence-corrected chi connectivity index (χ0v) is 14.6. The van der Waals surface area contributed by atoms with Crippen LogP contribution >= 0.6 is 0 Å². The molecule has 1 aliphatic rings. The number of carbonyl (C=O) groups excluding carboxylic acids is 1. The average Bonchev–Trinajstić information content (AvgIpc) is 3.02. The quantitative estimate of drug-likeness (QED) is 0.860. The molecule has 0 fully saturated rings. The second kappa shape index (κ2) is 7.01. The zero-order chi connectivity index (χ0) is 18.9. The van der Waals surface area contributed by atoms with E-state index in [9.17, 15) is 18.0 Å². The van der Waals surface area contributed by atoms with Gasteiger partial charge in [-0.1, -0.05) is 36.8 Å². The van der Waals surface area contributed by atoms with E-state index in [1.165, 1.54) is 6.07 Å². The summed E-state index contributed by atoms with van der Waals surface area (Å²) in [5, 5.41) is 9.64. The number of fused-ring (bicyclic) bond motifs is 1. The van der Waals surface area contributed by atoms with Crippen LogP contribution in [0.3, 0.4) is 0 Å². The fourth-order valence-electron chi connectivity index (χ4n) is 3.03. The van der Waals surface area contributed by atoms with Gasteiger partial charge < -0.3 is 10.6 Å². The van der Waals surface area contributed by atoms with Gasteiger partial charge in [0.15, 0.2) is 11.7 Å². The van der Waals surface area contributed by atoms with E-state index in [1.54, 1.807) is 0 Å². The lowest BCUT2D eigenvalue weighted by Crippen LogP contribution is -2.35. The van der Waals surface area contributed by atoms with Gasteiger partial charge in [-0.05, 0) is 18.9 Å². The molecule has 1 aliphatic heterocycles. The number of nitrogens with one attached hydrogen (secondary N) is 2. The summed E-state index contributed by atoms with van der Waals surface area (Å²) >= 11 is 0. The Balaban J connectivity index is 1.93. The fraction of sp³-hybridized carbons (Fsp3) is 0.444. The number of aryl methyl sites for hydroxylation is 1. The van der Waals surface area contributed by atoms with Gasteiger partial charge in [-0.25, -0.2) is 4.68 Å². The summed E-state index contributed by atoms with van der Waals surface area (Å²) in [7, 11) is 0. The number of anilines is 1. The van der Waals surface area contributed by atoms with Gasteiger partial charge in [0.05, 0.1) is 6.04 Å². The Kier molecular flexibility index (Phi) is 4.93. The summed E-state index contributed by atoms with van der Waals surface area (Å²) < 4.78 is 41.7. The molecule has 0 bridgehead atoms. The first-order valence-electron chi connectivity index (χ1n) is 8.57. The number of hydrogen-bond donors (Lipinski definition) is 2. The largest absolute Gasteiger partial charge is 0.410 e. The van der Waals surface area contributed by atoms with Crippen LogP contribution in [-0.4, -0.2) is 28.4 Å². The van der Waals surface area contributed by atoms with Crippen LogP contribution in [-0.2, 0) is 0 Å². The molecule has 0 spiro atoms. The van der Waals surface area contributed by atoms with Gasteiger partial charge in [0.2, 0.25) is 0 Å². The summed E-state index contributed by atoms with van der Waals surface area (Å²) in [6.07, 6.45) is -3.90. The highest BCUT2D eigenvalue weighted by Crippen LogP contribution is 2.43. The molecular weight excluding hydrogens is 345 g/mol. The van der Waals surface area contributed by atoms with Gasteiger partial charge >= 0.3 is 6.18 Å². The summed E-state index contributed by atoms with van der Waals surface area (Å²) in [5.41, 5.74) is 1.80. The maximum Gasteiger partial charge on any atom is 0.410 e. The number of nitrogens with zero attached hydrogens (tertiary/aromatic N) is 2. The number of carbonyl (C=O) groups is 1. The van der Waals surface area contributed by atoms with E-state index in [-0.39, 0.29) is 17.9 Å². The minimum atomic E-state index is -4.46. The van der Waals surface area contributed by atoms with E-state index in [0.29, 0.717) is 6.54 Å². The lowest BCUT2D eigenvalue weighted by molar-refractivity contribution is -0.173. The Hall–Kier alpha value is -2.51. The van der Waals surface area contributed by atoms with E-state index < -0.39 is 24.2 Å². The van der Waals surface area contributed by atoms with Crippen molar-refractivity contribution in [3.05, 3.63) is 47.2 Å². The molecule has 140 valence electrons. The molecule has 2 atom stereocenters. The predicted octanol–water partition coefficient (Wildman–Crippen LogP) is 3.99. The van der Waals surface area contributed by atoms with Crippen molar-refractivity contribution in [2.75, 3.05) is 11.9 Å². The Morgan fingerprint density at radius 3 is 2.65 bits per heavy atom. The molecule has 1 aromatic carbocycles. The van der Waals surface area contributed by atoms with Gasteiger partial charge in [-0.2, -0.15) is 18.3 Å². The maximum atomic E-state index is 13.6. The van der Waals surface area contributed by atoms with Crippen LogP contribution in [0.15, 0.2) is 30.3 Å². The van der Waals surface area contributed by atoms with E-state index in [0.717, 1.165) is 22.2 Å². The van der Waals surface area contributed by atoms with Crippen LogP contribution in [0, 0.1) is 6.92 Å². The molecule has 8 heteroatoms. The Bertz CT molecular complexity index is 783. The van der Waals surface area contributed by atoms with E-state index in [1.807, 2.05) is 38.1 Å². The first kappa shape index (κ1) is 18.3. The highest BCUT2D eigenvalue weighted by atomic mass is 19.4. The number of halogens is 3. The minimum Gasteiger partial charge on any atom is -0.363 e. The van der Waals surface area contributed by atoms with Crippen LogP contribution < -0.4 is 10.6 Å². The van der Waals surface area contributed by atoms with Gasteiger partial charge in [0, 0.05) is 19.0 Å². The molecule has 0 aliphatic carbocycles. The molecule has 3 rings (SSSR count). The SMILES string of the molecule is CCCNC(=O)c1cc2n(n1)[C@@H](C(F)(F)F)C[C@@H](c1ccc(C)cc1)N2. The normalized spacial score (nSPS) is 19.6. The first-order valence-corrected chi connectivity index (χ1v) is 8.57. The standard InChI is InChI=1S/C18H21F3N4O/c1-3-8-22-17(26)14-10-16-23-13(12-6-4-11(2)5-7-12)9-15(18(19,20)21)25(16)24-14/h4-7,10,13,15,23H,3,8-9H2,1-2H3,(H,22,26)/t13-,15+/m0/s1. The zero-order valence-electron chi connectivity index (χ0n) is 14.6. The third kappa shape index (κ3) is 3.68. The van der Waals surface area contributed by atoms with Gasteiger partial charge in [0.1, 0.15) is 5.82 Å². The van der Waals surface area contributed by atoms with Crippen LogP contribution in [0.1, 0.15) is 53.5 Å². The first-order chi connectivity index (χ1) is 12.3. The van der Waals surface area contributed by atoms with Gasteiger partial charge in [-0.3, -0.25) is 4.79 Å². The summed E-state index contributed by atoms with van der Waals surface area (Å²) in [4.78, 5) is 12.1. The molecule has 26 heavy (non-hydrogen) atoms. The number of alkyl halides is 3. The predicted molar refractivity (Wildman–Crippen MR) is 92.1 cm³/mol. The average molecular weight is 366 g/mol. The number of aromatic nitrogens is 2. The van der Waals surface area contributed by atoms with Gasteiger partial charge in [-0.15, -0.1) is 0 Å². The summed E-state index contributed by atoms with van der Waals surface area (Å²) in [6.45, 7) is 4.27. The molecule has 2 heterocycles. The number of benzene rings is 1. The van der Waals surface area contributed by atoms with Crippen LogP contribution in [0.25, 0.3) is 0 Å². The van der Waals surface area contributed by atoms with Crippen LogP contribution in [0.2, 0.25) is 0 Å². The molecule has 2 aromatic rings. The highest BCUT2D eigenvalue weighted by Gasteiger charge is 2.46. The lowest BCUT2D eigenvalue weighted by Gasteiger charge is -2.33. The summed E-state index contributed by atoms with van der Waals surface area (Å²) in [5.74, 6) is -0.269. The van der Waals surface area contributed by atoms with Crippen LogP contribution in [0.5, 0.6) is 0 Å². The third-order valence-corrected chi connectivity index (χ3v) is 4.44. The molecule has 0 saturated heterocycles. The Morgan fingerprint density at radius 1 is 1.35 bits per heavy atom. The van der Waals surface area contributed by atoms with Crippen molar-refractivity contribution in [1.82, 2.24) is 15.1 Å². The topological polar surface area (TPSA) is 59.0 Å². The van der Waals surface area contributed by atoms with Crippen molar-refractivity contribution in [2.45, 2.75) is 44.9 Å². The third-order valence-electron chi connectivity index (χ3n) is 4.44. The minimum absolute atomic E-state index is 0.0141. The Morgan fingerprint density at radius 2 is 2.04 bits per heavy atom. The van der Waals surface area contributed by atoms with Crippen molar-refractivity contribution < 1.29 is 18.0 Å². The lowest BCUT2D eigenvalue weighted by atomic mass is 9.96. The van der Waals surface area contributed by atoms with Crippen molar-refractivity contribution in [3.8, 4) is 0 Å². The fourth-order valence-corrected chi connectivity index (χ4v) is 3.03. The van der Waals surface area contributed by atoms with Crippen molar-refractivity contribution in [3.63, 3.8) is 0 Å². The molecule has 0 radical (unpaired) electrons. The smallest absolute Gasteiger partial charge is 0.363 e. The van der Waals surface area contributed by atoms with Crippen molar-refractivity contribution >= 4 is 11.7 Å². The van der Waals surface area contributed by atoms with Crippen LogP contribution in [0.4, 0.5) is 19.0 Å². The Labute approximate surface area is 149 Å². The number of hydrogen-bond acceptors (Lipinski definition) is 3. The van der Waals surface area contributed by atoms with E-state index >= 15 is 0 Å². The highest BCUT2D eigenvalue weighted by molar-refractivity contribution is 5.93. The molecular formula is C18H21F3N4O. The molecule has 1 amide bonds. The van der Waals surface area contributed by atoms with E-state index in [4.69, 9.17) is 0 Å². The summed E-state index contributed by atoms with van der Waals surface area (Å²) in [6, 6.07) is 6.48. The maximum absolute atomic E-state index is 13.6. The van der Waals surface area contributed by atoms with Gasteiger partial charge in [0.25, 0.3) is 5.91 Å². The second-order valence-electron chi connectivity index (χ2n) is 6.52. The molecule has 0 saturated carbocycles. The molecule has 0 unspecified atom stereocenters. The van der Waals surface area contributed by atoms with Crippen molar-refractivity contribution in [2.24, 2.45) is 0 Å². The van der Waals surface area contributed by atoms with E-state index in [2.05, 4.69) is 15.7 Å². The number of rotatable bonds is 4. The molecule has 2 N–H and O–H groups in total. The molecule has 5 nitrogen and oxygen atoms in total.